The van der Waals surface area contributed by atoms with E-state index in [-0.39, 0.29) is 0 Å². The van der Waals surface area contributed by atoms with Crippen LogP contribution in [0.3, 0.4) is 0 Å². The van der Waals surface area contributed by atoms with Gasteiger partial charge in [-0.2, -0.15) is 70.2 Å². The SMILES string of the molecule is O=C(OOC(=O)C(F)(F)C(F)(F)C(F)(F)C(F)(F)Cl)C(F)(F)C(F)(F)C(F)(F)C(F)(F)Cl. The van der Waals surface area contributed by atoms with Gasteiger partial charge in [0, 0.05) is 0 Å². The van der Waals surface area contributed by atoms with Gasteiger partial charge in [0.15, 0.2) is 0 Å². The fourth-order valence-corrected chi connectivity index (χ4v) is 1.42. The van der Waals surface area contributed by atoms with E-state index in [2.05, 4.69) is 33.0 Å². The molecular weight excluding hydrogens is 559 g/mol. The summed E-state index contributed by atoms with van der Waals surface area (Å²) in [4.78, 5) is 25.5. The normalized spacial score (nSPS) is 15.4. The van der Waals surface area contributed by atoms with Gasteiger partial charge in [-0.1, -0.05) is 0 Å². The molecule has 0 radical (unpaired) electrons. The van der Waals surface area contributed by atoms with Crippen LogP contribution in [-0.2, 0) is 19.4 Å². The van der Waals surface area contributed by atoms with Gasteiger partial charge < -0.3 is 0 Å². The second kappa shape index (κ2) is 8.01. The van der Waals surface area contributed by atoms with Gasteiger partial charge in [-0.25, -0.2) is 19.4 Å². The Labute approximate surface area is 172 Å². The fourth-order valence-electron chi connectivity index (χ4n) is 1.19. The van der Waals surface area contributed by atoms with E-state index in [0.29, 0.717) is 0 Å². The maximum Gasteiger partial charge on any atom is 0.431 e. The first kappa shape index (κ1) is 30.4. The Bertz CT molecular complexity index is 678. The molecule has 0 aliphatic heterocycles. The topological polar surface area (TPSA) is 52.6 Å². The highest BCUT2D eigenvalue weighted by molar-refractivity contribution is 6.22. The van der Waals surface area contributed by atoms with Crippen molar-refractivity contribution in [1.82, 2.24) is 0 Å². The van der Waals surface area contributed by atoms with E-state index in [1.54, 1.807) is 0 Å². The molecule has 0 aliphatic rings. The maximum absolute atomic E-state index is 13.1. The summed E-state index contributed by atoms with van der Waals surface area (Å²) in [6.45, 7) is 0. The van der Waals surface area contributed by atoms with E-state index < -0.39 is 58.2 Å². The van der Waals surface area contributed by atoms with Crippen LogP contribution in [-0.4, -0.2) is 58.2 Å². The van der Waals surface area contributed by atoms with Crippen molar-refractivity contribution in [2.75, 3.05) is 0 Å². The highest BCUT2D eigenvalue weighted by Crippen LogP contribution is 2.55. The summed E-state index contributed by atoms with van der Waals surface area (Å²) in [6.07, 6.45) is 0. The first-order valence-corrected chi connectivity index (χ1v) is 7.14. The van der Waals surface area contributed by atoms with Gasteiger partial charge in [-0.15, -0.1) is 0 Å². The molecule has 0 saturated heterocycles. The molecular formula is C10Cl2F16O4. The van der Waals surface area contributed by atoms with Crippen LogP contribution in [0.2, 0.25) is 0 Å². The largest absolute Gasteiger partial charge is 0.431 e. The Morgan fingerprint density at radius 2 is 0.625 bits per heavy atom. The average Bonchev–Trinajstić information content (AvgIpc) is 2.56. The standard InChI is InChI=1S/C10Cl2F16O4/c11-9(25,26)7(21,22)5(17,18)3(13,14)1(29)31-32-2(30)4(15,16)6(19,20)8(23,24)10(12,27)28. The summed E-state index contributed by atoms with van der Waals surface area (Å²) in [5.41, 5.74) is 0. The second-order valence-electron chi connectivity index (χ2n) is 5.18. The van der Waals surface area contributed by atoms with Crippen molar-refractivity contribution < 1.29 is 89.6 Å². The molecule has 0 bridgehead atoms. The second-order valence-corrected chi connectivity index (χ2v) is 6.13. The summed E-state index contributed by atoms with van der Waals surface area (Å²) in [5, 5.41) is -13.0. The lowest BCUT2D eigenvalue weighted by Crippen LogP contribution is -2.64. The first-order valence-electron chi connectivity index (χ1n) is 6.38. The molecule has 0 unspecified atom stereocenters. The average molecular weight is 559 g/mol. The molecule has 4 nitrogen and oxygen atoms in total. The number of rotatable bonds is 8. The van der Waals surface area contributed by atoms with E-state index in [4.69, 9.17) is 0 Å². The minimum absolute atomic E-state index is 2.12. The molecule has 0 fully saturated rings. The summed E-state index contributed by atoms with van der Waals surface area (Å²) >= 11 is 6.95. The molecule has 0 rings (SSSR count). The zero-order valence-electron chi connectivity index (χ0n) is 13.4. The number of carbonyl (C=O) groups excluding carboxylic acids is 2. The lowest BCUT2D eigenvalue weighted by atomic mass is 10.0. The summed E-state index contributed by atoms with van der Waals surface area (Å²) in [7, 11) is 0. The smallest absolute Gasteiger partial charge is 0.240 e. The molecule has 0 heterocycles. The predicted octanol–water partition coefficient (Wildman–Crippen LogP) is 5.46. The van der Waals surface area contributed by atoms with Crippen molar-refractivity contribution in [2.24, 2.45) is 0 Å². The molecule has 0 N–H and O–H groups in total. The number of halogens is 18. The lowest BCUT2D eigenvalue weighted by molar-refractivity contribution is -0.366. The highest BCUT2D eigenvalue weighted by Gasteiger charge is 2.85. The monoisotopic (exact) mass is 558 g/mol. The Hall–Kier alpha value is -1.60. The lowest BCUT2D eigenvalue weighted by Gasteiger charge is -2.33. The summed E-state index contributed by atoms with van der Waals surface area (Å²) < 4.78 is 204. The summed E-state index contributed by atoms with van der Waals surface area (Å²) in [5.74, 6) is -53.1. The molecule has 190 valence electrons. The van der Waals surface area contributed by atoms with Crippen LogP contribution in [0.4, 0.5) is 70.2 Å². The van der Waals surface area contributed by atoms with Crippen molar-refractivity contribution in [1.29, 1.82) is 0 Å². The molecule has 0 atom stereocenters. The third-order valence-electron chi connectivity index (χ3n) is 3.00. The van der Waals surface area contributed by atoms with Crippen LogP contribution >= 0.6 is 23.2 Å². The molecule has 0 aromatic rings. The van der Waals surface area contributed by atoms with Gasteiger partial charge in [0.2, 0.25) is 0 Å². The van der Waals surface area contributed by atoms with E-state index in [9.17, 15) is 79.8 Å². The molecule has 32 heavy (non-hydrogen) atoms. The number of carbonyl (C=O) groups is 2. The highest BCUT2D eigenvalue weighted by atomic mass is 35.5. The minimum Gasteiger partial charge on any atom is -0.240 e. The maximum atomic E-state index is 13.1. The molecule has 0 saturated carbocycles. The zero-order chi connectivity index (χ0) is 26.6. The van der Waals surface area contributed by atoms with E-state index in [1.807, 2.05) is 0 Å². The number of hydrogen-bond donors (Lipinski definition) is 0. The predicted molar refractivity (Wildman–Crippen MR) is 63.5 cm³/mol. The zero-order valence-corrected chi connectivity index (χ0v) is 14.9. The molecule has 0 aromatic carbocycles. The Morgan fingerprint density at radius 1 is 0.438 bits per heavy atom. The quantitative estimate of drug-likeness (QED) is 0.172. The van der Waals surface area contributed by atoms with Crippen LogP contribution in [0, 0.1) is 0 Å². The fraction of sp³-hybridized carbons (Fsp3) is 0.800. The van der Waals surface area contributed by atoms with Crippen molar-refractivity contribution in [3.8, 4) is 0 Å². The molecule has 0 aliphatic carbocycles. The first-order chi connectivity index (χ1) is 13.5. The molecule has 0 amide bonds. The number of hydrogen-bond acceptors (Lipinski definition) is 4. The van der Waals surface area contributed by atoms with Crippen LogP contribution in [0.1, 0.15) is 0 Å². The van der Waals surface area contributed by atoms with Gasteiger partial charge in [-0.3, -0.25) is 0 Å². The molecule has 0 spiro atoms. The summed E-state index contributed by atoms with van der Waals surface area (Å²) in [6, 6.07) is 0. The van der Waals surface area contributed by atoms with Gasteiger partial charge in [0.05, 0.1) is 0 Å². The van der Waals surface area contributed by atoms with Crippen molar-refractivity contribution in [3.05, 3.63) is 0 Å². The number of alkyl halides is 18. The molecule has 22 heteroatoms. The van der Waals surface area contributed by atoms with E-state index >= 15 is 0 Å². The Balaban J connectivity index is 5.82. The van der Waals surface area contributed by atoms with Crippen LogP contribution in [0.15, 0.2) is 0 Å². The van der Waals surface area contributed by atoms with Crippen molar-refractivity contribution in [2.45, 2.75) is 46.3 Å². The third kappa shape index (κ3) is 4.43. The van der Waals surface area contributed by atoms with E-state index in [0.717, 1.165) is 0 Å². The van der Waals surface area contributed by atoms with Gasteiger partial charge in [0.25, 0.3) is 0 Å². The molecule has 0 aromatic heterocycles. The van der Waals surface area contributed by atoms with Gasteiger partial charge >= 0.3 is 58.2 Å². The Morgan fingerprint density at radius 3 is 0.781 bits per heavy atom. The van der Waals surface area contributed by atoms with Crippen LogP contribution < -0.4 is 0 Å². The van der Waals surface area contributed by atoms with Gasteiger partial charge in [-0.05, 0) is 23.2 Å². The van der Waals surface area contributed by atoms with Crippen LogP contribution in [0.25, 0.3) is 0 Å². The third-order valence-corrected chi connectivity index (χ3v) is 3.47. The van der Waals surface area contributed by atoms with Gasteiger partial charge in [0.1, 0.15) is 0 Å². The van der Waals surface area contributed by atoms with Crippen molar-refractivity contribution >= 4 is 35.1 Å². The van der Waals surface area contributed by atoms with Crippen LogP contribution in [0.5, 0.6) is 0 Å². The van der Waals surface area contributed by atoms with Crippen molar-refractivity contribution in [3.63, 3.8) is 0 Å². The van der Waals surface area contributed by atoms with E-state index in [1.165, 1.54) is 0 Å². The minimum atomic E-state index is -7.56. The Kier molecular flexibility index (Phi) is 7.61.